The molecule has 76 valence electrons. The van der Waals surface area contributed by atoms with Gasteiger partial charge < -0.3 is 0 Å². The summed E-state index contributed by atoms with van der Waals surface area (Å²) in [5, 5.41) is 17.4. The van der Waals surface area contributed by atoms with Gasteiger partial charge in [-0.2, -0.15) is 0 Å². The summed E-state index contributed by atoms with van der Waals surface area (Å²) >= 11 is -5.08. The zero-order valence-corrected chi connectivity index (χ0v) is 8.61. The Morgan fingerprint density at radius 2 is 1.86 bits per heavy atom. The van der Waals surface area contributed by atoms with Crippen LogP contribution >= 0.6 is 0 Å². The Bertz CT molecular complexity index is 388. The molecule has 0 aromatic heterocycles. The first-order chi connectivity index (χ1) is 6.42. The van der Waals surface area contributed by atoms with Crippen LogP contribution < -0.4 is 4.35 Å². The van der Waals surface area contributed by atoms with Crippen molar-refractivity contribution in [2.45, 2.75) is 0 Å². The first-order valence-electron chi connectivity index (χ1n) is 3.38. The number of hydrogen-bond donors (Lipinski definition) is 2. The maximum atomic E-state index is 11.2. The average molecular weight is 263 g/mol. The normalized spacial score (nSPS) is 14.4. The van der Waals surface area contributed by atoms with Crippen LogP contribution in [0.15, 0.2) is 24.3 Å². The van der Waals surface area contributed by atoms with Gasteiger partial charge in [-0.05, 0) is 0 Å². The van der Waals surface area contributed by atoms with Crippen LogP contribution in [0.4, 0.5) is 0 Å². The van der Waals surface area contributed by atoms with E-state index < -0.39 is 19.3 Å². The van der Waals surface area contributed by atoms with E-state index in [1.54, 1.807) is 0 Å². The fourth-order valence-electron chi connectivity index (χ4n) is 0.779. The number of phenolic OH excluding ortho intramolecular Hbond substituents is 1. The third-order valence-corrected chi connectivity index (χ3v) is 4.09. The standard InChI is InChI=1S/C6H6AsNO6/c9-6-3-1-5(2-4-6)7(10,11)14-8(12)13/h1-4,9H,(H,10,11). The molecular formula is C6H6AsNO6. The molecule has 0 aliphatic carbocycles. The Morgan fingerprint density at radius 1 is 1.36 bits per heavy atom. The van der Waals surface area contributed by atoms with Gasteiger partial charge >= 0.3 is 80.5 Å². The first-order valence-corrected chi connectivity index (χ1v) is 6.69. The number of phenols is 1. The van der Waals surface area contributed by atoms with E-state index in [1.807, 2.05) is 0 Å². The zero-order chi connectivity index (χ0) is 10.8. The van der Waals surface area contributed by atoms with E-state index in [0.717, 1.165) is 24.3 Å². The number of nitrogens with zero attached hydrogens (tertiary/aromatic N) is 1. The summed E-state index contributed by atoms with van der Waals surface area (Å²) < 4.78 is 23.8. The van der Waals surface area contributed by atoms with E-state index in [1.165, 1.54) is 0 Å². The SMILES string of the molecule is O=[N+]([O-])O[As](=O)(O)c1ccc(O)cc1. The van der Waals surface area contributed by atoms with Crippen molar-refractivity contribution in [3.05, 3.63) is 34.4 Å². The van der Waals surface area contributed by atoms with Gasteiger partial charge in [-0.25, -0.2) is 0 Å². The van der Waals surface area contributed by atoms with Crippen molar-refractivity contribution in [1.82, 2.24) is 0 Å². The summed E-state index contributed by atoms with van der Waals surface area (Å²) in [6.07, 6.45) is 0. The van der Waals surface area contributed by atoms with E-state index >= 15 is 0 Å². The molecule has 2 N–H and O–H groups in total. The van der Waals surface area contributed by atoms with E-state index in [2.05, 4.69) is 3.83 Å². The molecule has 1 atom stereocenters. The van der Waals surface area contributed by atoms with Gasteiger partial charge in [-0.15, -0.1) is 0 Å². The number of aromatic hydroxyl groups is 1. The van der Waals surface area contributed by atoms with Gasteiger partial charge in [-0.1, -0.05) is 0 Å². The van der Waals surface area contributed by atoms with Gasteiger partial charge in [0, 0.05) is 0 Å². The summed E-state index contributed by atoms with van der Waals surface area (Å²) in [6, 6.07) is 4.48. The Hall–Kier alpha value is -1.46. The second-order valence-corrected chi connectivity index (χ2v) is 5.95. The number of benzene rings is 1. The van der Waals surface area contributed by atoms with Crippen molar-refractivity contribution < 1.29 is 21.9 Å². The van der Waals surface area contributed by atoms with Gasteiger partial charge in [0.1, 0.15) is 0 Å². The van der Waals surface area contributed by atoms with Crippen LogP contribution in [0.3, 0.4) is 0 Å². The van der Waals surface area contributed by atoms with E-state index in [9.17, 15) is 13.9 Å². The molecule has 0 saturated carbocycles. The molecule has 0 amide bonds. The molecular weight excluding hydrogens is 257 g/mol. The Balaban J connectivity index is 2.98. The van der Waals surface area contributed by atoms with Crippen molar-refractivity contribution in [1.29, 1.82) is 0 Å². The molecule has 0 bridgehead atoms. The van der Waals surface area contributed by atoms with Crippen molar-refractivity contribution in [3.63, 3.8) is 0 Å². The molecule has 1 aromatic carbocycles. The molecule has 0 spiro atoms. The van der Waals surface area contributed by atoms with Crippen LogP contribution in [-0.2, 0) is 7.57 Å². The van der Waals surface area contributed by atoms with Gasteiger partial charge in [0.05, 0.1) is 0 Å². The average Bonchev–Trinajstić information content (AvgIpc) is 2.02. The Morgan fingerprint density at radius 3 is 2.29 bits per heavy atom. The van der Waals surface area contributed by atoms with Crippen LogP contribution in [0.2, 0.25) is 0 Å². The topological polar surface area (TPSA) is 110 Å². The van der Waals surface area contributed by atoms with E-state index in [4.69, 9.17) is 9.20 Å². The predicted octanol–water partition coefficient (Wildman–Crippen LogP) is -0.831. The summed E-state index contributed by atoms with van der Waals surface area (Å²) in [7, 11) is 0. The molecule has 0 saturated heterocycles. The molecule has 0 fully saturated rings. The molecule has 0 radical (unpaired) electrons. The Labute approximate surface area is 81.0 Å². The van der Waals surface area contributed by atoms with E-state index in [-0.39, 0.29) is 10.1 Å². The third-order valence-electron chi connectivity index (χ3n) is 1.35. The van der Waals surface area contributed by atoms with Gasteiger partial charge in [-0.3, -0.25) is 0 Å². The molecule has 0 heterocycles. The molecule has 1 rings (SSSR count). The van der Waals surface area contributed by atoms with Gasteiger partial charge in [0.25, 0.3) is 0 Å². The van der Waals surface area contributed by atoms with Crippen molar-refractivity contribution >= 4 is 18.5 Å². The predicted molar refractivity (Wildman–Crippen MR) is 44.5 cm³/mol. The summed E-state index contributed by atoms with van der Waals surface area (Å²) in [6.45, 7) is 0. The van der Waals surface area contributed by atoms with Crippen LogP contribution in [-0.4, -0.2) is 28.5 Å². The minimum atomic E-state index is -5.08. The first kappa shape index (κ1) is 10.6. The second-order valence-electron chi connectivity index (χ2n) is 2.34. The van der Waals surface area contributed by atoms with Gasteiger partial charge in [0.2, 0.25) is 0 Å². The number of hydrogen-bond acceptors (Lipinski definition) is 5. The monoisotopic (exact) mass is 263 g/mol. The third kappa shape index (κ3) is 2.51. The molecule has 1 unspecified atom stereocenters. The van der Waals surface area contributed by atoms with Crippen molar-refractivity contribution in [2.75, 3.05) is 0 Å². The van der Waals surface area contributed by atoms with Crippen molar-refractivity contribution in [2.24, 2.45) is 0 Å². The van der Waals surface area contributed by atoms with Crippen LogP contribution in [0.5, 0.6) is 5.75 Å². The maximum absolute atomic E-state index is 11.2. The van der Waals surface area contributed by atoms with E-state index in [0.29, 0.717) is 0 Å². The fraction of sp³-hybridized carbons (Fsp3) is 0. The minimum absolute atomic E-state index is 0.106. The van der Waals surface area contributed by atoms with Crippen molar-refractivity contribution in [3.8, 4) is 5.75 Å². The molecule has 1 aromatic rings. The molecule has 0 aliphatic rings. The second kappa shape index (κ2) is 3.73. The number of rotatable bonds is 3. The van der Waals surface area contributed by atoms with Crippen LogP contribution in [0.1, 0.15) is 0 Å². The molecule has 0 aliphatic heterocycles. The quantitative estimate of drug-likeness (QED) is 0.418. The molecule has 7 nitrogen and oxygen atoms in total. The molecule has 14 heavy (non-hydrogen) atoms. The fourth-order valence-corrected chi connectivity index (χ4v) is 2.46. The zero-order valence-electron chi connectivity index (χ0n) is 6.73. The summed E-state index contributed by atoms with van der Waals surface area (Å²) in [5.41, 5.74) is 0. The summed E-state index contributed by atoms with van der Waals surface area (Å²) in [4.78, 5) is 9.87. The van der Waals surface area contributed by atoms with Gasteiger partial charge in [0.15, 0.2) is 0 Å². The Kier molecular flexibility index (Phi) is 2.83. The van der Waals surface area contributed by atoms with Crippen LogP contribution in [0, 0.1) is 10.1 Å². The summed E-state index contributed by atoms with van der Waals surface area (Å²) in [5.74, 6) is -0.106. The van der Waals surface area contributed by atoms with Crippen LogP contribution in [0.25, 0.3) is 0 Å². The molecule has 8 heteroatoms.